The van der Waals surface area contributed by atoms with Gasteiger partial charge in [-0.1, -0.05) is 67.1 Å². The summed E-state index contributed by atoms with van der Waals surface area (Å²) >= 11 is 0. The number of carbonyl (C=O) groups is 2. The molecule has 3 aromatic rings. The zero-order valence-corrected chi connectivity index (χ0v) is 24.1. The van der Waals surface area contributed by atoms with E-state index in [1.165, 1.54) is 37.9 Å². The van der Waals surface area contributed by atoms with Crippen molar-refractivity contribution < 1.29 is 14.3 Å². The van der Waals surface area contributed by atoms with Crippen LogP contribution in [0.5, 0.6) is 0 Å². The summed E-state index contributed by atoms with van der Waals surface area (Å²) in [7, 11) is 1.87. The standard InChI is InChI=1S/C34H42N4O3/c1-36(33(39)29-16-14-27(15-17-29)26-38-20-8-3-9-21-38)24-25-37-22-18-30(19-23-37)41-34(40)35-32-13-7-6-12-31(32)28-10-4-2-5-11-28/h2,4-7,10-17,30H,3,8-9,18-26H2,1H3,(H,35,40). The number of piperidine rings is 2. The maximum absolute atomic E-state index is 13.0. The summed E-state index contributed by atoms with van der Waals surface area (Å²) in [5.74, 6) is 0.0557. The highest BCUT2D eigenvalue weighted by atomic mass is 16.6. The smallest absolute Gasteiger partial charge is 0.411 e. The number of para-hydroxylation sites is 1. The Labute approximate surface area is 244 Å². The Hall–Kier alpha value is -3.68. The number of ether oxygens (including phenoxy) is 1. The SMILES string of the molecule is CN(CCN1CCC(OC(=O)Nc2ccccc2-c2ccccc2)CC1)C(=O)c1ccc(CN2CCCCC2)cc1. The quantitative estimate of drug-likeness (QED) is 0.345. The predicted octanol–water partition coefficient (Wildman–Crippen LogP) is 6.12. The van der Waals surface area contributed by atoms with E-state index in [1.54, 1.807) is 4.90 Å². The summed E-state index contributed by atoms with van der Waals surface area (Å²) in [5.41, 5.74) is 4.76. The Kier molecular flexibility index (Phi) is 10.0. The van der Waals surface area contributed by atoms with Crippen LogP contribution in [0.1, 0.15) is 48.0 Å². The monoisotopic (exact) mass is 554 g/mol. The van der Waals surface area contributed by atoms with Gasteiger partial charge in [-0.15, -0.1) is 0 Å². The van der Waals surface area contributed by atoms with Crippen LogP contribution in [-0.4, -0.2) is 79.1 Å². The van der Waals surface area contributed by atoms with E-state index in [-0.39, 0.29) is 12.0 Å². The molecule has 7 nitrogen and oxygen atoms in total. The molecule has 0 unspecified atom stereocenters. The van der Waals surface area contributed by atoms with Crippen LogP contribution in [0.15, 0.2) is 78.9 Å². The highest BCUT2D eigenvalue weighted by Crippen LogP contribution is 2.28. The molecule has 216 valence electrons. The number of hydrogen-bond acceptors (Lipinski definition) is 5. The Balaban J connectivity index is 1.03. The van der Waals surface area contributed by atoms with Gasteiger partial charge in [-0.3, -0.25) is 15.0 Å². The fourth-order valence-corrected chi connectivity index (χ4v) is 5.74. The van der Waals surface area contributed by atoms with E-state index in [2.05, 4.69) is 27.2 Å². The second-order valence-corrected chi connectivity index (χ2v) is 11.2. The Morgan fingerprint density at radius 3 is 2.24 bits per heavy atom. The number of benzene rings is 3. The highest BCUT2D eigenvalue weighted by Gasteiger charge is 2.23. The Morgan fingerprint density at radius 1 is 0.829 bits per heavy atom. The lowest BCUT2D eigenvalue weighted by molar-refractivity contribution is 0.0540. The molecule has 2 heterocycles. The minimum Gasteiger partial charge on any atom is -0.446 e. The van der Waals surface area contributed by atoms with Gasteiger partial charge in [0.1, 0.15) is 6.10 Å². The van der Waals surface area contributed by atoms with Crippen LogP contribution in [0.2, 0.25) is 0 Å². The van der Waals surface area contributed by atoms with E-state index in [1.807, 2.05) is 73.8 Å². The third-order valence-corrected chi connectivity index (χ3v) is 8.21. The molecule has 2 aliphatic rings. The second-order valence-electron chi connectivity index (χ2n) is 11.2. The predicted molar refractivity (Wildman–Crippen MR) is 164 cm³/mol. The number of rotatable bonds is 9. The zero-order chi connectivity index (χ0) is 28.4. The van der Waals surface area contributed by atoms with Gasteiger partial charge in [0.15, 0.2) is 0 Å². The van der Waals surface area contributed by atoms with Gasteiger partial charge < -0.3 is 14.5 Å². The van der Waals surface area contributed by atoms with Crippen molar-refractivity contribution in [2.45, 2.75) is 44.8 Å². The van der Waals surface area contributed by atoms with Crippen molar-refractivity contribution in [2.75, 3.05) is 51.6 Å². The van der Waals surface area contributed by atoms with Crippen LogP contribution in [0, 0.1) is 0 Å². The molecule has 0 aliphatic carbocycles. The maximum Gasteiger partial charge on any atom is 0.411 e. The van der Waals surface area contributed by atoms with Crippen LogP contribution in [0.25, 0.3) is 11.1 Å². The van der Waals surface area contributed by atoms with Gasteiger partial charge in [0.2, 0.25) is 0 Å². The molecule has 2 aliphatic heterocycles. The van der Waals surface area contributed by atoms with Gasteiger partial charge in [-0.2, -0.15) is 0 Å². The fraction of sp³-hybridized carbons (Fsp3) is 0.412. The van der Waals surface area contributed by atoms with E-state index in [0.717, 1.165) is 61.4 Å². The van der Waals surface area contributed by atoms with Gasteiger partial charge >= 0.3 is 6.09 Å². The number of carbonyl (C=O) groups excluding carboxylic acids is 2. The lowest BCUT2D eigenvalue weighted by atomic mass is 10.0. The van der Waals surface area contributed by atoms with Crippen molar-refractivity contribution in [3.05, 3.63) is 90.0 Å². The van der Waals surface area contributed by atoms with Gasteiger partial charge in [0.25, 0.3) is 5.91 Å². The first-order valence-electron chi connectivity index (χ1n) is 15.0. The first-order chi connectivity index (χ1) is 20.0. The minimum absolute atomic E-state index is 0.0557. The number of likely N-dealkylation sites (tertiary alicyclic amines) is 2. The average molecular weight is 555 g/mol. The molecule has 0 bridgehead atoms. The lowest BCUT2D eigenvalue weighted by Gasteiger charge is -2.32. The summed E-state index contributed by atoms with van der Waals surface area (Å²) in [4.78, 5) is 32.3. The van der Waals surface area contributed by atoms with Crippen molar-refractivity contribution in [3.8, 4) is 11.1 Å². The number of nitrogens with zero attached hydrogens (tertiary/aromatic N) is 3. The molecular weight excluding hydrogens is 512 g/mol. The van der Waals surface area contributed by atoms with Crippen LogP contribution in [0.3, 0.4) is 0 Å². The van der Waals surface area contributed by atoms with E-state index in [9.17, 15) is 9.59 Å². The average Bonchev–Trinajstić information content (AvgIpc) is 3.02. The van der Waals surface area contributed by atoms with E-state index >= 15 is 0 Å². The molecule has 41 heavy (non-hydrogen) atoms. The molecule has 3 aromatic carbocycles. The van der Waals surface area contributed by atoms with Gasteiger partial charge in [0, 0.05) is 50.9 Å². The van der Waals surface area contributed by atoms with Crippen molar-refractivity contribution in [3.63, 3.8) is 0 Å². The number of nitrogens with one attached hydrogen (secondary N) is 1. The third kappa shape index (κ3) is 8.18. The molecule has 0 atom stereocenters. The normalized spacial score (nSPS) is 16.7. The molecule has 2 amide bonds. The molecule has 0 saturated carbocycles. The number of likely N-dealkylation sites (N-methyl/N-ethyl adjacent to an activating group) is 1. The van der Waals surface area contributed by atoms with Crippen LogP contribution in [0.4, 0.5) is 10.5 Å². The largest absolute Gasteiger partial charge is 0.446 e. The number of hydrogen-bond donors (Lipinski definition) is 1. The van der Waals surface area contributed by atoms with Crippen molar-refractivity contribution in [1.82, 2.24) is 14.7 Å². The molecule has 0 spiro atoms. The van der Waals surface area contributed by atoms with E-state index in [0.29, 0.717) is 6.54 Å². The summed E-state index contributed by atoms with van der Waals surface area (Å²) in [6.07, 6.45) is 4.94. The molecule has 2 saturated heterocycles. The summed E-state index contributed by atoms with van der Waals surface area (Å²) in [6, 6.07) is 25.9. The second kappa shape index (κ2) is 14.3. The number of amides is 2. The molecule has 1 N–H and O–H groups in total. The fourth-order valence-electron chi connectivity index (χ4n) is 5.74. The first kappa shape index (κ1) is 28.8. The van der Waals surface area contributed by atoms with Crippen molar-refractivity contribution >= 4 is 17.7 Å². The van der Waals surface area contributed by atoms with Gasteiger partial charge in [-0.25, -0.2) is 4.79 Å². The topological polar surface area (TPSA) is 65.1 Å². The van der Waals surface area contributed by atoms with Crippen LogP contribution in [-0.2, 0) is 11.3 Å². The van der Waals surface area contributed by atoms with Crippen molar-refractivity contribution in [2.24, 2.45) is 0 Å². The molecular formula is C34H42N4O3. The molecule has 0 aromatic heterocycles. The Morgan fingerprint density at radius 2 is 1.51 bits per heavy atom. The molecule has 0 radical (unpaired) electrons. The van der Waals surface area contributed by atoms with E-state index in [4.69, 9.17) is 4.74 Å². The summed E-state index contributed by atoms with van der Waals surface area (Å²) in [5, 5.41) is 2.94. The van der Waals surface area contributed by atoms with Crippen molar-refractivity contribution in [1.29, 1.82) is 0 Å². The van der Waals surface area contributed by atoms with Gasteiger partial charge in [0.05, 0.1) is 5.69 Å². The first-order valence-corrected chi connectivity index (χ1v) is 15.0. The van der Waals surface area contributed by atoms with E-state index < -0.39 is 6.09 Å². The zero-order valence-electron chi connectivity index (χ0n) is 24.1. The molecule has 2 fully saturated rings. The third-order valence-electron chi connectivity index (χ3n) is 8.21. The summed E-state index contributed by atoms with van der Waals surface area (Å²) in [6.45, 7) is 6.45. The summed E-state index contributed by atoms with van der Waals surface area (Å²) < 4.78 is 5.77. The molecule has 7 heteroatoms. The van der Waals surface area contributed by atoms with Gasteiger partial charge in [-0.05, 0) is 68.1 Å². The highest BCUT2D eigenvalue weighted by molar-refractivity contribution is 5.94. The lowest BCUT2D eigenvalue weighted by Crippen LogP contribution is -2.42. The minimum atomic E-state index is -0.417. The van der Waals surface area contributed by atoms with Crippen LogP contribution < -0.4 is 5.32 Å². The molecule has 5 rings (SSSR count). The number of anilines is 1. The Bertz CT molecular complexity index is 1270. The van der Waals surface area contributed by atoms with Crippen LogP contribution >= 0.6 is 0 Å². The maximum atomic E-state index is 13.0.